The van der Waals surface area contributed by atoms with E-state index in [4.69, 9.17) is 0 Å². The highest BCUT2D eigenvalue weighted by atomic mass is 31.1. The van der Waals surface area contributed by atoms with Crippen LogP contribution >= 0.6 is 7.92 Å². The molecule has 0 nitrogen and oxygen atoms in total. The molecule has 2 atom stereocenters. The van der Waals surface area contributed by atoms with Crippen LogP contribution in [0.4, 0.5) is 0 Å². The van der Waals surface area contributed by atoms with Gasteiger partial charge in [0.05, 0.1) is 0 Å². The van der Waals surface area contributed by atoms with Crippen molar-refractivity contribution in [2.75, 3.05) is 12.3 Å². The molecule has 116 valence electrons. The van der Waals surface area contributed by atoms with Crippen LogP contribution in [0.2, 0.25) is 0 Å². The molecule has 0 aromatic carbocycles. The highest BCUT2D eigenvalue weighted by Gasteiger charge is 2.13. The average molecular weight is 286 g/mol. The first-order valence-corrected chi connectivity index (χ1v) is 10.8. The summed E-state index contributed by atoms with van der Waals surface area (Å²) in [6, 6.07) is 0. The maximum Gasteiger partial charge on any atom is -0.0240 e. The molecular weight excluding hydrogens is 247 g/mol. The smallest absolute Gasteiger partial charge is 0.0240 e. The van der Waals surface area contributed by atoms with Crippen molar-refractivity contribution in [3.05, 3.63) is 0 Å². The molecule has 0 spiro atoms. The van der Waals surface area contributed by atoms with E-state index >= 15 is 0 Å². The van der Waals surface area contributed by atoms with Crippen LogP contribution in [0.1, 0.15) is 98.3 Å². The molecule has 0 radical (unpaired) electrons. The van der Waals surface area contributed by atoms with Crippen molar-refractivity contribution >= 4 is 7.92 Å². The number of hydrogen-bond donors (Lipinski definition) is 0. The van der Waals surface area contributed by atoms with Gasteiger partial charge in [-0.3, -0.25) is 0 Å². The number of unbranched alkanes of at least 4 members (excludes halogenated alkanes) is 8. The largest absolute Gasteiger partial charge is 0.104 e. The van der Waals surface area contributed by atoms with Gasteiger partial charge in [0.15, 0.2) is 0 Å². The Morgan fingerprint density at radius 1 is 0.632 bits per heavy atom. The Bertz CT molecular complexity index is 167. The fourth-order valence-corrected chi connectivity index (χ4v) is 5.53. The summed E-state index contributed by atoms with van der Waals surface area (Å²) in [5, 5.41) is 0. The SMILES string of the molecule is CCCCCCCCP(CCCCCC)C(C)CC. The predicted octanol–water partition coefficient (Wildman–Crippen LogP) is 7.21. The van der Waals surface area contributed by atoms with E-state index in [1.165, 1.54) is 70.6 Å². The van der Waals surface area contributed by atoms with E-state index in [-0.39, 0.29) is 0 Å². The number of rotatable bonds is 14. The van der Waals surface area contributed by atoms with Crippen molar-refractivity contribution in [1.82, 2.24) is 0 Å². The summed E-state index contributed by atoms with van der Waals surface area (Å²) in [6.07, 6.45) is 19.1. The molecule has 0 bridgehead atoms. The second kappa shape index (κ2) is 14.8. The minimum Gasteiger partial charge on any atom is -0.104 e. The maximum absolute atomic E-state index is 2.50. The van der Waals surface area contributed by atoms with E-state index in [9.17, 15) is 0 Å². The third-order valence-corrected chi connectivity index (χ3v) is 7.71. The summed E-state index contributed by atoms with van der Waals surface area (Å²) in [5.41, 5.74) is 1.01. The summed E-state index contributed by atoms with van der Waals surface area (Å²) in [5.74, 6) is 0. The lowest BCUT2D eigenvalue weighted by atomic mass is 10.1. The second-order valence-corrected chi connectivity index (χ2v) is 9.08. The fourth-order valence-electron chi connectivity index (χ4n) is 2.65. The lowest BCUT2D eigenvalue weighted by Gasteiger charge is -2.24. The van der Waals surface area contributed by atoms with Gasteiger partial charge in [0.1, 0.15) is 0 Å². The standard InChI is InChI=1S/C18H39P/c1-5-8-10-12-13-15-17-19(18(4)7-3)16-14-11-9-6-2/h18H,5-17H2,1-4H3. The van der Waals surface area contributed by atoms with Crippen molar-refractivity contribution < 1.29 is 0 Å². The van der Waals surface area contributed by atoms with E-state index in [1.54, 1.807) is 12.3 Å². The van der Waals surface area contributed by atoms with Crippen LogP contribution in [0.5, 0.6) is 0 Å². The molecule has 1 heteroatoms. The molecule has 0 N–H and O–H groups in total. The van der Waals surface area contributed by atoms with Crippen LogP contribution in [0.3, 0.4) is 0 Å². The number of hydrogen-bond acceptors (Lipinski definition) is 0. The van der Waals surface area contributed by atoms with Gasteiger partial charge in [-0.15, -0.1) is 7.92 Å². The predicted molar refractivity (Wildman–Crippen MR) is 93.9 cm³/mol. The van der Waals surface area contributed by atoms with Gasteiger partial charge in [-0.05, 0) is 37.2 Å². The van der Waals surface area contributed by atoms with Crippen molar-refractivity contribution in [3.8, 4) is 0 Å². The highest BCUT2D eigenvalue weighted by Crippen LogP contribution is 2.44. The first-order valence-electron chi connectivity index (χ1n) is 9.00. The molecule has 0 rings (SSSR count). The van der Waals surface area contributed by atoms with Gasteiger partial charge in [-0.1, -0.05) is 79.1 Å². The van der Waals surface area contributed by atoms with Gasteiger partial charge in [-0.2, -0.15) is 0 Å². The fraction of sp³-hybridized carbons (Fsp3) is 1.00. The zero-order valence-electron chi connectivity index (χ0n) is 14.2. The Kier molecular flexibility index (Phi) is 15.2. The van der Waals surface area contributed by atoms with E-state index in [1.807, 2.05) is 0 Å². The Hall–Kier alpha value is 0.430. The molecule has 0 saturated carbocycles. The van der Waals surface area contributed by atoms with Crippen LogP contribution in [-0.2, 0) is 0 Å². The summed E-state index contributed by atoms with van der Waals surface area (Å²) >= 11 is 0. The first-order chi connectivity index (χ1) is 9.26. The molecule has 0 fully saturated rings. The molecule has 0 amide bonds. The van der Waals surface area contributed by atoms with E-state index < -0.39 is 0 Å². The van der Waals surface area contributed by atoms with Crippen molar-refractivity contribution in [3.63, 3.8) is 0 Å². The topological polar surface area (TPSA) is 0 Å². The molecule has 19 heavy (non-hydrogen) atoms. The van der Waals surface area contributed by atoms with Gasteiger partial charge >= 0.3 is 0 Å². The molecule has 0 aliphatic heterocycles. The van der Waals surface area contributed by atoms with Crippen LogP contribution < -0.4 is 0 Å². The van der Waals surface area contributed by atoms with Crippen LogP contribution in [-0.4, -0.2) is 18.0 Å². The highest BCUT2D eigenvalue weighted by molar-refractivity contribution is 7.58. The Morgan fingerprint density at radius 3 is 1.53 bits per heavy atom. The van der Waals surface area contributed by atoms with Gasteiger partial charge < -0.3 is 0 Å². The quantitative estimate of drug-likeness (QED) is 0.234. The molecule has 0 heterocycles. The maximum atomic E-state index is 2.50. The van der Waals surface area contributed by atoms with Gasteiger partial charge in [0, 0.05) is 0 Å². The van der Waals surface area contributed by atoms with Crippen molar-refractivity contribution in [2.24, 2.45) is 0 Å². The third-order valence-electron chi connectivity index (χ3n) is 4.31. The summed E-state index contributed by atoms with van der Waals surface area (Å²) in [7, 11) is 0.337. The summed E-state index contributed by atoms with van der Waals surface area (Å²) in [6.45, 7) is 9.50. The van der Waals surface area contributed by atoms with E-state index in [0.29, 0.717) is 7.92 Å². The minimum absolute atomic E-state index is 0.337. The first kappa shape index (κ1) is 19.4. The molecule has 0 aliphatic rings. The lowest BCUT2D eigenvalue weighted by molar-refractivity contribution is 0.625. The second-order valence-electron chi connectivity index (χ2n) is 6.12. The van der Waals surface area contributed by atoms with E-state index in [0.717, 1.165) is 5.66 Å². The molecule has 0 saturated heterocycles. The third kappa shape index (κ3) is 11.9. The molecule has 0 aliphatic carbocycles. The van der Waals surface area contributed by atoms with E-state index in [2.05, 4.69) is 27.7 Å². The van der Waals surface area contributed by atoms with Gasteiger partial charge in [-0.25, -0.2) is 0 Å². The average Bonchev–Trinajstić information content (AvgIpc) is 2.44. The molecule has 0 aromatic rings. The molecule has 2 unspecified atom stereocenters. The Labute approximate surface area is 124 Å². The lowest BCUT2D eigenvalue weighted by Crippen LogP contribution is -2.05. The summed E-state index contributed by atoms with van der Waals surface area (Å²) < 4.78 is 0. The zero-order chi connectivity index (χ0) is 14.3. The van der Waals surface area contributed by atoms with Crippen molar-refractivity contribution in [1.29, 1.82) is 0 Å². The van der Waals surface area contributed by atoms with Crippen LogP contribution in [0.25, 0.3) is 0 Å². The van der Waals surface area contributed by atoms with Gasteiger partial charge in [0.25, 0.3) is 0 Å². The monoisotopic (exact) mass is 286 g/mol. The normalized spacial score (nSPS) is 14.5. The Morgan fingerprint density at radius 2 is 1.05 bits per heavy atom. The molecular formula is C18H39P. The minimum atomic E-state index is 0.337. The Balaban J connectivity index is 3.68. The van der Waals surface area contributed by atoms with Crippen molar-refractivity contribution in [2.45, 2.75) is 104 Å². The summed E-state index contributed by atoms with van der Waals surface area (Å²) in [4.78, 5) is 0. The van der Waals surface area contributed by atoms with Crippen LogP contribution in [0.15, 0.2) is 0 Å². The molecule has 0 aromatic heterocycles. The zero-order valence-corrected chi connectivity index (χ0v) is 15.1. The van der Waals surface area contributed by atoms with Crippen LogP contribution in [0, 0.1) is 0 Å². The van der Waals surface area contributed by atoms with Gasteiger partial charge in [0.2, 0.25) is 0 Å².